The minimum atomic E-state index is -3.44. The average Bonchev–Trinajstić information content (AvgIpc) is 2.56. The van der Waals surface area contributed by atoms with Crippen LogP contribution in [0.1, 0.15) is 45.7 Å². The summed E-state index contributed by atoms with van der Waals surface area (Å²) < 4.78 is 26.3. The van der Waals surface area contributed by atoms with Crippen LogP contribution < -0.4 is 5.32 Å². The summed E-state index contributed by atoms with van der Waals surface area (Å²) in [6.07, 6.45) is 1.05. The first kappa shape index (κ1) is 21.0. The highest BCUT2D eigenvalue weighted by Crippen LogP contribution is 2.19. The predicted molar refractivity (Wildman–Crippen MR) is 101 cm³/mol. The maximum absolute atomic E-state index is 12.5. The van der Waals surface area contributed by atoms with Gasteiger partial charge in [-0.25, -0.2) is 8.42 Å². The van der Waals surface area contributed by atoms with Crippen LogP contribution in [0.3, 0.4) is 0 Å². The third-order valence-electron chi connectivity index (χ3n) is 3.68. The fraction of sp³-hybridized carbons (Fsp3) is 0.588. The molecule has 0 aliphatic heterocycles. The van der Waals surface area contributed by atoms with Crippen LogP contribution in [0.4, 0.5) is 0 Å². The standard InChI is InChI=1S/C17H28N2O3S2/c1-5-12-23-13-17(20)18-14(4)15-8-10-16(11-9-15)24(21,22)19(6-2)7-3/h8-11,14H,5-7,12-13H2,1-4H3,(H,18,20). The number of carbonyl (C=O) groups excluding carboxylic acids is 1. The Morgan fingerprint density at radius 1 is 1.17 bits per heavy atom. The molecule has 0 saturated carbocycles. The molecule has 0 saturated heterocycles. The molecule has 5 nitrogen and oxygen atoms in total. The number of sulfonamides is 1. The summed E-state index contributed by atoms with van der Waals surface area (Å²) in [6, 6.07) is 6.60. The van der Waals surface area contributed by atoms with Gasteiger partial charge in [0.2, 0.25) is 15.9 Å². The lowest BCUT2D eigenvalue weighted by Gasteiger charge is -2.19. The van der Waals surface area contributed by atoms with E-state index in [1.807, 2.05) is 20.8 Å². The van der Waals surface area contributed by atoms with E-state index >= 15 is 0 Å². The predicted octanol–water partition coefficient (Wildman–Crippen LogP) is 3.04. The van der Waals surface area contributed by atoms with Crippen molar-refractivity contribution in [1.29, 1.82) is 0 Å². The van der Waals surface area contributed by atoms with Crippen LogP contribution in [0.5, 0.6) is 0 Å². The molecule has 0 bridgehead atoms. The van der Waals surface area contributed by atoms with Gasteiger partial charge in [-0.1, -0.05) is 32.9 Å². The first-order valence-corrected chi connectivity index (χ1v) is 10.9. The van der Waals surface area contributed by atoms with Crippen molar-refractivity contribution in [3.63, 3.8) is 0 Å². The highest BCUT2D eigenvalue weighted by Gasteiger charge is 2.21. The number of carbonyl (C=O) groups is 1. The third-order valence-corrected chi connectivity index (χ3v) is 6.91. The topological polar surface area (TPSA) is 66.5 Å². The zero-order chi connectivity index (χ0) is 18.2. The Morgan fingerprint density at radius 2 is 1.75 bits per heavy atom. The molecule has 136 valence electrons. The Hall–Kier alpha value is -1.05. The molecule has 0 heterocycles. The fourth-order valence-electron chi connectivity index (χ4n) is 2.32. The number of hydrogen-bond donors (Lipinski definition) is 1. The summed E-state index contributed by atoms with van der Waals surface area (Å²) in [7, 11) is -3.44. The Balaban J connectivity index is 2.75. The second-order valence-corrected chi connectivity index (χ2v) is 8.54. The molecule has 0 radical (unpaired) electrons. The Labute approximate surface area is 150 Å². The Morgan fingerprint density at radius 3 is 2.25 bits per heavy atom. The van der Waals surface area contributed by atoms with Gasteiger partial charge >= 0.3 is 0 Å². The van der Waals surface area contributed by atoms with Crippen molar-refractivity contribution >= 4 is 27.7 Å². The zero-order valence-electron chi connectivity index (χ0n) is 14.9. The van der Waals surface area contributed by atoms with E-state index < -0.39 is 10.0 Å². The summed E-state index contributed by atoms with van der Waals surface area (Å²) in [5, 5.41) is 2.94. The normalized spacial score (nSPS) is 13.0. The number of rotatable bonds is 10. The van der Waals surface area contributed by atoms with Gasteiger partial charge in [0.15, 0.2) is 0 Å². The highest BCUT2D eigenvalue weighted by atomic mass is 32.2. The van der Waals surface area contributed by atoms with Gasteiger partial charge in [-0.05, 0) is 36.8 Å². The summed E-state index contributed by atoms with van der Waals surface area (Å²) >= 11 is 1.62. The summed E-state index contributed by atoms with van der Waals surface area (Å²) in [4.78, 5) is 12.1. The average molecular weight is 373 g/mol. The van der Waals surface area contributed by atoms with Gasteiger partial charge in [-0.15, -0.1) is 0 Å². The van der Waals surface area contributed by atoms with Crippen molar-refractivity contribution in [3.05, 3.63) is 29.8 Å². The smallest absolute Gasteiger partial charge is 0.243 e. The minimum absolute atomic E-state index is 0.000731. The molecule has 0 aromatic heterocycles. The molecule has 1 aromatic rings. The molecule has 1 atom stereocenters. The van der Waals surface area contributed by atoms with E-state index in [2.05, 4.69) is 12.2 Å². The van der Waals surface area contributed by atoms with Crippen LogP contribution >= 0.6 is 11.8 Å². The molecule has 24 heavy (non-hydrogen) atoms. The third kappa shape index (κ3) is 5.79. The molecule has 1 rings (SSSR count). The molecule has 7 heteroatoms. The monoisotopic (exact) mass is 372 g/mol. The van der Waals surface area contributed by atoms with E-state index in [0.29, 0.717) is 18.8 Å². The van der Waals surface area contributed by atoms with Crippen molar-refractivity contribution in [3.8, 4) is 0 Å². The van der Waals surface area contributed by atoms with E-state index in [9.17, 15) is 13.2 Å². The first-order chi connectivity index (χ1) is 11.4. The van der Waals surface area contributed by atoms with E-state index in [1.165, 1.54) is 4.31 Å². The van der Waals surface area contributed by atoms with Crippen molar-refractivity contribution in [2.45, 2.75) is 45.1 Å². The Kier molecular flexibility index (Phi) is 8.80. The van der Waals surface area contributed by atoms with Crippen LogP contribution in [0.15, 0.2) is 29.2 Å². The molecular formula is C17H28N2O3S2. The van der Waals surface area contributed by atoms with Crippen LogP contribution in [0, 0.1) is 0 Å². The lowest BCUT2D eigenvalue weighted by Crippen LogP contribution is -2.31. The van der Waals surface area contributed by atoms with Gasteiger partial charge in [0.05, 0.1) is 16.7 Å². The lowest BCUT2D eigenvalue weighted by atomic mass is 10.1. The van der Waals surface area contributed by atoms with E-state index in [0.717, 1.165) is 17.7 Å². The van der Waals surface area contributed by atoms with Crippen molar-refractivity contribution < 1.29 is 13.2 Å². The lowest BCUT2D eigenvalue weighted by molar-refractivity contribution is -0.119. The summed E-state index contributed by atoms with van der Waals surface area (Å²) in [5.41, 5.74) is 0.891. The minimum Gasteiger partial charge on any atom is -0.349 e. The zero-order valence-corrected chi connectivity index (χ0v) is 16.5. The number of thioether (sulfide) groups is 1. The van der Waals surface area contributed by atoms with Gasteiger partial charge in [0.25, 0.3) is 0 Å². The largest absolute Gasteiger partial charge is 0.349 e. The number of benzene rings is 1. The second kappa shape index (κ2) is 10.1. The first-order valence-electron chi connectivity index (χ1n) is 8.33. The maximum atomic E-state index is 12.5. The molecule has 0 spiro atoms. The van der Waals surface area contributed by atoms with Crippen LogP contribution in [-0.4, -0.2) is 43.2 Å². The van der Waals surface area contributed by atoms with E-state index in [1.54, 1.807) is 36.0 Å². The van der Waals surface area contributed by atoms with Gasteiger partial charge < -0.3 is 5.32 Å². The molecule has 1 unspecified atom stereocenters. The van der Waals surface area contributed by atoms with Gasteiger partial charge in [-0.3, -0.25) is 4.79 Å². The second-order valence-electron chi connectivity index (χ2n) is 5.50. The van der Waals surface area contributed by atoms with E-state index in [4.69, 9.17) is 0 Å². The molecule has 0 aliphatic carbocycles. The van der Waals surface area contributed by atoms with Gasteiger partial charge in [-0.2, -0.15) is 16.1 Å². The maximum Gasteiger partial charge on any atom is 0.243 e. The number of hydrogen-bond acceptors (Lipinski definition) is 4. The highest BCUT2D eigenvalue weighted by molar-refractivity contribution is 7.99. The molecule has 0 aliphatic rings. The van der Waals surface area contributed by atoms with Crippen molar-refractivity contribution in [2.24, 2.45) is 0 Å². The summed E-state index contributed by atoms with van der Waals surface area (Å²) in [6.45, 7) is 8.52. The Bertz CT molecular complexity index is 611. The molecular weight excluding hydrogens is 344 g/mol. The van der Waals surface area contributed by atoms with Crippen LogP contribution in [0.25, 0.3) is 0 Å². The SMILES string of the molecule is CCCSCC(=O)NC(C)c1ccc(S(=O)(=O)N(CC)CC)cc1. The number of nitrogens with one attached hydrogen (secondary N) is 1. The van der Waals surface area contributed by atoms with E-state index in [-0.39, 0.29) is 16.8 Å². The molecule has 1 amide bonds. The molecule has 0 fully saturated rings. The van der Waals surface area contributed by atoms with Gasteiger partial charge in [0, 0.05) is 13.1 Å². The van der Waals surface area contributed by atoms with Crippen molar-refractivity contribution in [1.82, 2.24) is 9.62 Å². The number of nitrogens with zero attached hydrogens (tertiary/aromatic N) is 1. The quantitative estimate of drug-likeness (QED) is 0.641. The van der Waals surface area contributed by atoms with Crippen molar-refractivity contribution in [2.75, 3.05) is 24.6 Å². The van der Waals surface area contributed by atoms with Crippen LogP contribution in [-0.2, 0) is 14.8 Å². The molecule has 1 aromatic carbocycles. The van der Waals surface area contributed by atoms with Gasteiger partial charge in [0.1, 0.15) is 0 Å². The summed E-state index contributed by atoms with van der Waals surface area (Å²) in [5.74, 6) is 1.42. The number of amides is 1. The molecule has 1 N–H and O–H groups in total. The fourth-order valence-corrected chi connectivity index (χ4v) is 4.48. The van der Waals surface area contributed by atoms with Crippen LogP contribution in [0.2, 0.25) is 0 Å².